The van der Waals surface area contributed by atoms with Gasteiger partial charge in [0.2, 0.25) is 5.88 Å². The third kappa shape index (κ3) is 4.43. The molecule has 2 heterocycles. The Kier molecular flexibility index (Phi) is 5.70. The van der Waals surface area contributed by atoms with Crippen LogP contribution in [0.3, 0.4) is 0 Å². The number of anilines is 3. The first-order chi connectivity index (χ1) is 13.0. The van der Waals surface area contributed by atoms with E-state index >= 15 is 0 Å². The average Bonchev–Trinajstić information content (AvgIpc) is 2.66. The Morgan fingerprint density at radius 3 is 2.70 bits per heavy atom. The van der Waals surface area contributed by atoms with Gasteiger partial charge >= 0.3 is 0 Å². The summed E-state index contributed by atoms with van der Waals surface area (Å²) in [6.45, 7) is 0. The number of methoxy groups -OCH3 is 1. The predicted octanol–water partition coefficient (Wildman–Crippen LogP) is 2.15. The second-order valence-electron chi connectivity index (χ2n) is 6.49. The lowest BCUT2D eigenvalue weighted by Crippen LogP contribution is -2.43. The number of aromatic nitrogens is 2. The van der Waals surface area contributed by atoms with E-state index in [0.717, 1.165) is 31.7 Å². The van der Waals surface area contributed by atoms with Crippen LogP contribution in [0.1, 0.15) is 36.0 Å². The van der Waals surface area contributed by atoms with Crippen molar-refractivity contribution in [2.45, 2.75) is 37.8 Å². The van der Waals surface area contributed by atoms with Crippen molar-refractivity contribution in [3.05, 3.63) is 35.8 Å². The summed E-state index contributed by atoms with van der Waals surface area (Å²) in [6.07, 6.45) is 5.31. The minimum Gasteiger partial charge on any atom is -0.481 e. The molecule has 144 valence electrons. The number of pyridine rings is 2. The molecule has 1 saturated carbocycles. The van der Waals surface area contributed by atoms with Crippen LogP contribution in [0.4, 0.5) is 21.7 Å². The number of hydrogen-bond acceptors (Lipinski definition) is 7. The molecule has 8 nitrogen and oxygen atoms in total. The van der Waals surface area contributed by atoms with Crippen LogP contribution in [0.25, 0.3) is 0 Å². The number of nitrogens with zero attached hydrogens (tertiary/aromatic N) is 2. The Morgan fingerprint density at radius 2 is 2.07 bits per heavy atom. The largest absolute Gasteiger partial charge is 0.481 e. The highest BCUT2D eigenvalue weighted by Crippen LogP contribution is 2.26. The molecule has 0 spiro atoms. The van der Waals surface area contributed by atoms with Crippen LogP contribution in [-0.4, -0.2) is 35.1 Å². The minimum absolute atomic E-state index is 0.0336. The monoisotopic (exact) mass is 374 g/mol. The normalized spacial score (nSPS) is 19.4. The minimum atomic E-state index is -0.786. The summed E-state index contributed by atoms with van der Waals surface area (Å²) in [4.78, 5) is 20.0. The molecule has 0 saturated heterocycles. The third-order valence-corrected chi connectivity index (χ3v) is 4.59. The van der Waals surface area contributed by atoms with Crippen LogP contribution in [0.15, 0.2) is 24.4 Å². The van der Waals surface area contributed by atoms with Gasteiger partial charge in [-0.3, -0.25) is 4.79 Å². The van der Waals surface area contributed by atoms with Gasteiger partial charge in [0, 0.05) is 18.2 Å². The number of amides is 1. The molecule has 0 aliphatic heterocycles. The van der Waals surface area contributed by atoms with Crippen molar-refractivity contribution in [1.82, 2.24) is 9.97 Å². The first-order valence-electron chi connectivity index (χ1n) is 8.77. The SMILES string of the molecule is COc1ccc(Nc2nc(NC3CCCC[C@@H]3N)c(F)cc2C(N)=O)cn1. The van der Waals surface area contributed by atoms with Crippen molar-refractivity contribution < 1.29 is 13.9 Å². The Balaban J connectivity index is 1.89. The van der Waals surface area contributed by atoms with E-state index in [1.54, 1.807) is 12.1 Å². The maximum atomic E-state index is 14.5. The van der Waals surface area contributed by atoms with E-state index in [4.69, 9.17) is 16.2 Å². The molecule has 6 N–H and O–H groups in total. The number of carbonyl (C=O) groups is 1. The van der Waals surface area contributed by atoms with Crippen LogP contribution in [0.2, 0.25) is 0 Å². The quantitative estimate of drug-likeness (QED) is 0.610. The van der Waals surface area contributed by atoms with Crippen LogP contribution >= 0.6 is 0 Å². The van der Waals surface area contributed by atoms with Gasteiger partial charge in [0.15, 0.2) is 11.6 Å². The number of carbonyl (C=O) groups excluding carboxylic acids is 1. The van der Waals surface area contributed by atoms with E-state index in [9.17, 15) is 9.18 Å². The number of halogens is 1. The highest BCUT2D eigenvalue weighted by atomic mass is 19.1. The zero-order valence-corrected chi connectivity index (χ0v) is 15.0. The molecule has 1 unspecified atom stereocenters. The molecule has 0 bridgehead atoms. The molecular formula is C18H23FN6O2. The summed E-state index contributed by atoms with van der Waals surface area (Å²) in [6, 6.07) is 4.28. The number of rotatable bonds is 6. The molecular weight excluding hydrogens is 351 g/mol. The Hall–Kier alpha value is -2.94. The third-order valence-electron chi connectivity index (χ3n) is 4.59. The second kappa shape index (κ2) is 8.17. The lowest BCUT2D eigenvalue weighted by Gasteiger charge is -2.30. The highest BCUT2D eigenvalue weighted by Gasteiger charge is 2.24. The van der Waals surface area contributed by atoms with E-state index in [1.807, 2.05) is 0 Å². The second-order valence-corrected chi connectivity index (χ2v) is 6.49. The standard InChI is InChI=1S/C18H23FN6O2/c1-27-15-7-6-10(9-22-15)23-17-11(16(21)26)8-12(19)18(25-17)24-14-5-3-2-4-13(14)20/h6-9,13-14H,2-5,20H2,1H3,(H2,21,26)(H2,23,24,25)/t13-,14?/m0/s1. The van der Waals surface area contributed by atoms with Crippen LogP contribution in [0, 0.1) is 5.82 Å². The Morgan fingerprint density at radius 1 is 1.30 bits per heavy atom. The van der Waals surface area contributed by atoms with Gasteiger partial charge in [-0.1, -0.05) is 12.8 Å². The van der Waals surface area contributed by atoms with Gasteiger partial charge in [-0.2, -0.15) is 0 Å². The van der Waals surface area contributed by atoms with Gasteiger partial charge in [0.25, 0.3) is 5.91 Å². The van der Waals surface area contributed by atoms with Gasteiger partial charge in [-0.25, -0.2) is 14.4 Å². The molecule has 1 aliphatic rings. The molecule has 0 aromatic carbocycles. The zero-order chi connectivity index (χ0) is 19.4. The van der Waals surface area contributed by atoms with Crippen molar-refractivity contribution in [2.75, 3.05) is 17.7 Å². The molecule has 27 heavy (non-hydrogen) atoms. The van der Waals surface area contributed by atoms with Gasteiger partial charge in [-0.05, 0) is 25.0 Å². The summed E-state index contributed by atoms with van der Waals surface area (Å²) in [5, 5.41) is 6.02. The fourth-order valence-electron chi connectivity index (χ4n) is 3.10. The summed E-state index contributed by atoms with van der Waals surface area (Å²) in [7, 11) is 1.51. The highest BCUT2D eigenvalue weighted by molar-refractivity contribution is 5.98. The van der Waals surface area contributed by atoms with Crippen molar-refractivity contribution in [3.8, 4) is 5.88 Å². The molecule has 2 aromatic heterocycles. The predicted molar refractivity (Wildman–Crippen MR) is 101 cm³/mol. The maximum Gasteiger partial charge on any atom is 0.252 e. The van der Waals surface area contributed by atoms with Crippen LogP contribution in [0.5, 0.6) is 5.88 Å². The smallest absolute Gasteiger partial charge is 0.252 e. The van der Waals surface area contributed by atoms with Gasteiger partial charge < -0.3 is 26.8 Å². The lowest BCUT2D eigenvalue weighted by molar-refractivity contribution is 0.100. The lowest BCUT2D eigenvalue weighted by atomic mass is 9.91. The molecule has 3 rings (SSSR count). The number of nitrogens with two attached hydrogens (primary N) is 2. The fourth-order valence-corrected chi connectivity index (χ4v) is 3.10. The first kappa shape index (κ1) is 18.8. The maximum absolute atomic E-state index is 14.5. The van der Waals surface area contributed by atoms with Crippen molar-refractivity contribution in [1.29, 1.82) is 0 Å². The molecule has 1 amide bonds. The number of ether oxygens (including phenoxy) is 1. The summed E-state index contributed by atoms with van der Waals surface area (Å²) >= 11 is 0. The van der Waals surface area contributed by atoms with E-state index in [-0.39, 0.29) is 29.3 Å². The zero-order valence-electron chi connectivity index (χ0n) is 15.0. The topological polar surface area (TPSA) is 128 Å². The fraction of sp³-hybridized carbons (Fsp3) is 0.389. The van der Waals surface area contributed by atoms with Crippen LogP contribution in [-0.2, 0) is 0 Å². The summed E-state index contributed by atoms with van der Waals surface area (Å²) in [5.74, 6) is -0.822. The van der Waals surface area contributed by atoms with E-state index in [1.165, 1.54) is 13.3 Å². The van der Waals surface area contributed by atoms with E-state index < -0.39 is 11.7 Å². The van der Waals surface area contributed by atoms with Crippen molar-refractivity contribution >= 4 is 23.2 Å². The van der Waals surface area contributed by atoms with Gasteiger partial charge in [-0.15, -0.1) is 0 Å². The van der Waals surface area contributed by atoms with Crippen LogP contribution < -0.4 is 26.8 Å². The van der Waals surface area contributed by atoms with Crippen molar-refractivity contribution in [3.63, 3.8) is 0 Å². The molecule has 1 fully saturated rings. The molecule has 2 atom stereocenters. The van der Waals surface area contributed by atoms with Gasteiger partial charge in [0.05, 0.1) is 24.6 Å². The summed E-state index contributed by atoms with van der Waals surface area (Å²) < 4.78 is 19.5. The molecule has 2 aromatic rings. The number of nitrogens with one attached hydrogen (secondary N) is 2. The Bertz CT molecular complexity index is 814. The van der Waals surface area contributed by atoms with E-state index in [0.29, 0.717) is 11.6 Å². The summed E-state index contributed by atoms with van der Waals surface area (Å²) in [5.41, 5.74) is 12.0. The van der Waals surface area contributed by atoms with Gasteiger partial charge in [0.1, 0.15) is 5.82 Å². The first-order valence-corrected chi connectivity index (χ1v) is 8.77. The number of primary amides is 1. The molecule has 9 heteroatoms. The Labute approximate surface area is 156 Å². The molecule has 1 aliphatic carbocycles. The van der Waals surface area contributed by atoms with Crippen molar-refractivity contribution in [2.24, 2.45) is 11.5 Å². The van der Waals surface area contributed by atoms with E-state index in [2.05, 4.69) is 20.6 Å². The average molecular weight is 374 g/mol. The molecule has 0 radical (unpaired) electrons. The number of hydrogen-bond donors (Lipinski definition) is 4.